The molecular weight excluding hydrogens is 234 g/mol. The number of hydrogen-bond donors (Lipinski definition) is 1. The molecule has 0 radical (unpaired) electrons. The molecule has 1 aliphatic heterocycles. The molecule has 90 valence electrons. The van der Waals surface area contributed by atoms with E-state index in [1.165, 1.54) is 11.5 Å². The Kier molecular flexibility index (Phi) is 2.68. The molecule has 6 heteroatoms. The third-order valence-corrected chi connectivity index (χ3v) is 4.08. The number of aryl methyl sites for hydroxylation is 1. The molecule has 2 aromatic heterocycles. The molecule has 1 N–H and O–H groups in total. The summed E-state index contributed by atoms with van der Waals surface area (Å²) in [4.78, 5) is 12.1. The lowest BCUT2D eigenvalue weighted by molar-refractivity contribution is 0.416. The van der Waals surface area contributed by atoms with E-state index in [9.17, 15) is 0 Å². The van der Waals surface area contributed by atoms with Crippen LogP contribution in [0.5, 0.6) is 0 Å². The molecule has 0 unspecified atom stereocenters. The molecule has 5 nitrogen and oxygen atoms in total. The van der Waals surface area contributed by atoms with Gasteiger partial charge in [0.15, 0.2) is 0 Å². The third-order valence-electron chi connectivity index (χ3n) is 3.24. The lowest BCUT2D eigenvalue weighted by atomic mass is 10.1. The van der Waals surface area contributed by atoms with Crippen LogP contribution in [0, 0.1) is 6.92 Å². The van der Waals surface area contributed by atoms with Crippen LogP contribution in [0.1, 0.15) is 12.6 Å². The monoisotopic (exact) mass is 249 g/mol. The summed E-state index contributed by atoms with van der Waals surface area (Å²) in [5, 5.41) is 4.42. The van der Waals surface area contributed by atoms with Gasteiger partial charge in [0.25, 0.3) is 0 Å². The Labute approximate surface area is 104 Å². The van der Waals surface area contributed by atoms with Gasteiger partial charge >= 0.3 is 0 Å². The van der Waals surface area contributed by atoms with Gasteiger partial charge in [-0.2, -0.15) is 4.37 Å². The topological polar surface area (TPSA) is 53.9 Å². The zero-order valence-corrected chi connectivity index (χ0v) is 10.8. The number of likely N-dealkylation sites (N-methyl/N-ethyl adjacent to an activating group) is 1. The Hall–Kier alpha value is -1.27. The Morgan fingerprint density at radius 3 is 2.94 bits per heavy atom. The molecule has 0 aliphatic carbocycles. The summed E-state index contributed by atoms with van der Waals surface area (Å²) in [5.41, 5.74) is 1.03. The summed E-state index contributed by atoms with van der Waals surface area (Å²) >= 11 is 1.45. The average Bonchev–Trinajstić information content (AvgIpc) is 2.66. The van der Waals surface area contributed by atoms with Crippen LogP contribution in [-0.2, 0) is 0 Å². The van der Waals surface area contributed by atoms with Crippen molar-refractivity contribution < 1.29 is 0 Å². The smallest absolute Gasteiger partial charge is 0.149 e. The average molecular weight is 249 g/mol. The highest BCUT2D eigenvalue weighted by Gasteiger charge is 2.26. The minimum absolute atomic E-state index is 0.553. The normalized spacial score (nSPS) is 16.1. The zero-order valence-electron chi connectivity index (χ0n) is 9.97. The molecule has 1 fully saturated rings. The van der Waals surface area contributed by atoms with Gasteiger partial charge < -0.3 is 10.2 Å². The summed E-state index contributed by atoms with van der Waals surface area (Å²) < 4.78 is 4.37. The first-order valence-corrected chi connectivity index (χ1v) is 6.63. The minimum atomic E-state index is 0.553. The van der Waals surface area contributed by atoms with Crippen LogP contribution < -0.4 is 10.2 Å². The Morgan fingerprint density at radius 2 is 2.29 bits per heavy atom. The summed E-state index contributed by atoms with van der Waals surface area (Å²) in [6.07, 6.45) is 1.64. The first-order valence-electron chi connectivity index (χ1n) is 5.85. The van der Waals surface area contributed by atoms with Gasteiger partial charge in [0.1, 0.15) is 17.0 Å². The van der Waals surface area contributed by atoms with Crippen molar-refractivity contribution in [3.63, 3.8) is 0 Å². The highest BCUT2D eigenvalue weighted by molar-refractivity contribution is 7.13. The molecule has 3 rings (SSSR count). The van der Waals surface area contributed by atoms with Crippen LogP contribution in [-0.4, -0.2) is 40.0 Å². The number of nitrogens with zero attached hydrogens (tertiary/aromatic N) is 4. The van der Waals surface area contributed by atoms with Crippen LogP contribution in [0.4, 0.5) is 5.82 Å². The van der Waals surface area contributed by atoms with Crippen LogP contribution in [0.15, 0.2) is 6.33 Å². The van der Waals surface area contributed by atoms with Gasteiger partial charge in [0.05, 0.1) is 17.1 Å². The van der Waals surface area contributed by atoms with Crippen molar-refractivity contribution in [3.05, 3.63) is 12.0 Å². The number of hydrogen-bond acceptors (Lipinski definition) is 6. The SMILES string of the molecule is CCN(c1ncnc2snc(C)c12)C1CNC1. The molecule has 17 heavy (non-hydrogen) atoms. The minimum Gasteiger partial charge on any atom is -0.351 e. The van der Waals surface area contributed by atoms with Crippen molar-refractivity contribution in [2.75, 3.05) is 24.5 Å². The predicted molar refractivity (Wildman–Crippen MR) is 69.6 cm³/mol. The van der Waals surface area contributed by atoms with Crippen LogP contribution in [0.2, 0.25) is 0 Å². The van der Waals surface area contributed by atoms with E-state index in [0.717, 1.165) is 41.4 Å². The van der Waals surface area contributed by atoms with E-state index in [-0.39, 0.29) is 0 Å². The van der Waals surface area contributed by atoms with Gasteiger partial charge in [-0.15, -0.1) is 0 Å². The second-order valence-electron chi connectivity index (χ2n) is 4.24. The molecule has 1 aliphatic rings. The lowest BCUT2D eigenvalue weighted by Crippen LogP contribution is -2.57. The Balaban J connectivity index is 2.11. The van der Waals surface area contributed by atoms with E-state index >= 15 is 0 Å². The number of nitrogens with one attached hydrogen (secondary N) is 1. The molecule has 2 aromatic rings. The number of anilines is 1. The zero-order chi connectivity index (χ0) is 11.8. The Bertz CT molecular complexity index is 534. The highest BCUT2D eigenvalue weighted by atomic mass is 32.1. The highest BCUT2D eigenvalue weighted by Crippen LogP contribution is 2.29. The number of fused-ring (bicyclic) bond motifs is 1. The fourth-order valence-electron chi connectivity index (χ4n) is 2.20. The van der Waals surface area contributed by atoms with Crippen molar-refractivity contribution in [3.8, 4) is 0 Å². The van der Waals surface area contributed by atoms with Crippen molar-refractivity contribution in [2.24, 2.45) is 0 Å². The molecule has 0 spiro atoms. The van der Waals surface area contributed by atoms with Crippen molar-refractivity contribution in [1.82, 2.24) is 19.7 Å². The summed E-state index contributed by atoms with van der Waals surface area (Å²) in [6.45, 7) is 7.24. The summed E-state index contributed by atoms with van der Waals surface area (Å²) in [6, 6.07) is 0.553. The van der Waals surface area contributed by atoms with E-state index in [1.54, 1.807) is 6.33 Å². The van der Waals surface area contributed by atoms with Crippen LogP contribution in [0.25, 0.3) is 10.2 Å². The van der Waals surface area contributed by atoms with Crippen molar-refractivity contribution in [1.29, 1.82) is 0 Å². The van der Waals surface area contributed by atoms with Gasteiger partial charge in [-0.05, 0) is 25.4 Å². The van der Waals surface area contributed by atoms with E-state index in [1.807, 2.05) is 6.92 Å². The first kappa shape index (κ1) is 10.9. The lowest BCUT2D eigenvalue weighted by Gasteiger charge is -2.38. The summed E-state index contributed by atoms with van der Waals surface area (Å²) in [7, 11) is 0. The maximum Gasteiger partial charge on any atom is 0.149 e. The molecule has 0 aromatic carbocycles. The van der Waals surface area contributed by atoms with Gasteiger partial charge in [-0.1, -0.05) is 0 Å². The van der Waals surface area contributed by atoms with E-state index in [2.05, 4.69) is 31.5 Å². The first-order chi connectivity index (χ1) is 8.31. The molecule has 0 saturated carbocycles. The Morgan fingerprint density at radius 1 is 1.47 bits per heavy atom. The molecule has 1 saturated heterocycles. The van der Waals surface area contributed by atoms with Crippen molar-refractivity contribution >= 4 is 27.6 Å². The van der Waals surface area contributed by atoms with Gasteiger partial charge in [0, 0.05) is 19.6 Å². The maximum atomic E-state index is 4.47. The molecule has 3 heterocycles. The van der Waals surface area contributed by atoms with Crippen LogP contribution in [0.3, 0.4) is 0 Å². The van der Waals surface area contributed by atoms with E-state index < -0.39 is 0 Å². The maximum absolute atomic E-state index is 4.47. The molecule has 0 amide bonds. The van der Waals surface area contributed by atoms with Gasteiger partial charge in [-0.3, -0.25) is 0 Å². The number of rotatable bonds is 3. The molecule has 0 bridgehead atoms. The fourth-order valence-corrected chi connectivity index (χ4v) is 2.94. The van der Waals surface area contributed by atoms with Crippen molar-refractivity contribution in [2.45, 2.75) is 19.9 Å². The standard InChI is InChI=1S/C11H15N5S/c1-3-16(8-4-12-5-8)10-9-7(2)15-17-11(9)14-6-13-10/h6,8,12H,3-5H2,1-2H3. The summed E-state index contributed by atoms with van der Waals surface area (Å²) in [5.74, 6) is 1.04. The number of aromatic nitrogens is 3. The second kappa shape index (κ2) is 4.19. The predicted octanol–water partition coefficient (Wildman–Crippen LogP) is 1.19. The second-order valence-corrected chi connectivity index (χ2v) is 5.00. The van der Waals surface area contributed by atoms with Crippen LogP contribution >= 0.6 is 11.5 Å². The van der Waals surface area contributed by atoms with Gasteiger partial charge in [-0.25, -0.2) is 9.97 Å². The van der Waals surface area contributed by atoms with E-state index in [4.69, 9.17) is 0 Å². The fraction of sp³-hybridized carbons (Fsp3) is 0.545. The van der Waals surface area contributed by atoms with E-state index in [0.29, 0.717) is 6.04 Å². The molecule has 0 atom stereocenters. The van der Waals surface area contributed by atoms with Gasteiger partial charge in [0.2, 0.25) is 0 Å². The molecular formula is C11H15N5S. The largest absolute Gasteiger partial charge is 0.351 e. The quantitative estimate of drug-likeness (QED) is 0.885. The third kappa shape index (κ3) is 1.68.